The van der Waals surface area contributed by atoms with E-state index in [-0.39, 0.29) is 5.91 Å². The molecule has 0 radical (unpaired) electrons. The largest absolute Gasteiger partial charge is 0.340 e. The van der Waals surface area contributed by atoms with Gasteiger partial charge in [-0.2, -0.15) is 0 Å². The van der Waals surface area contributed by atoms with Crippen LogP contribution in [0.2, 0.25) is 0 Å². The number of hydrogen-bond donors (Lipinski definition) is 1. The second-order valence-corrected chi connectivity index (χ2v) is 8.03. The summed E-state index contributed by atoms with van der Waals surface area (Å²) in [6.07, 6.45) is 7.11. The maximum atomic E-state index is 12.4. The van der Waals surface area contributed by atoms with Crippen LogP contribution < -0.4 is 5.32 Å². The second kappa shape index (κ2) is 8.76. The highest BCUT2D eigenvalue weighted by molar-refractivity contribution is 7.13. The molecule has 0 unspecified atom stereocenters. The zero-order chi connectivity index (χ0) is 17.6. The molecule has 138 valence electrons. The molecule has 0 bridgehead atoms. The van der Waals surface area contributed by atoms with E-state index in [1.165, 1.54) is 43.9 Å². The molecule has 1 saturated carbocycles. The van der Waals surface area contributed by atoms with E-state index in [4.69, 9.17) is 0 Å². The number of aromatic nitrogens is 1. The third-order valence-corrected chi connectivity index (χ3v) is 5.99. The van der Waals surface area contributed by atoms with E-state index in [2.05, 4.69) is 15.2 Å². The summed E-state index contributed by atoms with van der Waals surface area (Å²) in [6.45, 7) is 5.67. The van der Waals surface area contributed by atoms with Crippen LogP contribution in [0.5, 0.6) is 0 Å². The van der Waals surface area contributed by atoms with Crippen LogP contribution in [0.15, 0.2) is 5.38 Å². The number of anilines is 1. The molecule has 1 aliphatic heterocycles. The first kappa shape index (κ1) is 18.3. The molecular formula is C18H28N4O2S. The maximum absolute atomic E-state index is 12.4. The van der Waals surface area contributed by atoms with Crippen LogP contribution in [-0.2, 0) is 16.1 Å². The first-order valence-electron chi connectivity index (χ1n) is 9.32. The van der Waals surface area contributed by atoms with Crippen LogP contribution >= 0.6 is 11.3 Å². The maximum Gasteiger partial charge on any atom is 0.223 e. The Labute approximate surface area is 153 Å². The quantitative estimate of drug-likeness (QED) is 0.843. The van der Waals surface area contributed by atoms with Crippen LogP contribution in [0, 0.1) is 5.92 Å². The first-order chi connectivity index (χ1) is 12.1. The molecule has 2 amide bonds. The Balaban J connectivity index is 1.38. The summed E-state index contributed by atoms with van der Waals surface area (Å²) in [5, 5.41) is 5.36. The van der Waals surface area contributed by atoms with Crippen molar-refractivity contribution in [3.63, 3.8) is 0 Å². The topological polar surface area (TPSA) is 65.5 Å². The van der Waals surface area contributed by atoms with Crippen molar-refractivity contribution in [1.29, 1.82) is 0 Å². The van der Waals surface area contributed by atoms with Gasteiger partial charge in [0.25, 0.3) is 0 Å². The van der Waals surface area contributed by atoms with E-state index < -0.39 is 0 Å². The van der Waals surface area contributed by atoms with E-state index >= 15 is 0 Å². The van der Waals surface area contributed by atoms with E-state index in [0.717, 1.165) is 57.2 Å². The highest BCUT2D eigenvalue weighted by atomic mass is 32.1. The summed E-state index contributed by atoms with van der Waals surface area (Å²) < 4.78 is 0. The minimum atomic E-state index is -0.0920. The number of rotatable bonds is 6. The second-order valence-electron chi connectivity index (χ2n) is 7.17. The molecule has 2 fully saturated rings. The number of nitrogens with zero attached hydrogens (tertiary/aromatic N) is 3. The molecule has 1 N–H and O–H groups in total. The van der Waals surface area contributed by atoms with Crippen molar-refractivity contribution in [2.45, 2.75) is 52.0 Å². The van der Waals surface area contributed by atoms with Crippen molar-refractivity contribution in [3.05, 3.63) is 11.1 Å². The van der Waals surface area contributed by atoms with E-state index in [1.807, 2.05) is 10.3 Å². The number of amides is 2. The third-order valence-electron chi connectivity index (χ3n) is 5.19. The van der Waals surface area contributed by atoms with Gasteiger partial charge in [0.2, 0.25) is 11.8 Å². The average molecular weight is 365 g/mol. The minimum absolute atomic E-state index is 0.0920. The number of piperazine rings is 1. The number of carbonyl (C=O) groups excluding carboxylic acids is 2. The van der Waals surface area contributed by atoms with Crippen molar-refractivity contribution in [3.8, 4) is 0 Å². The highest BCUT2D eigenvalue weighted by Gasteiger charge is 2.23. The fraction of sp³-hybridized carbons (Fsp3) is 0.722. The molecular weight excluding hydrogens is 336 g/mol. The molecule has 0 aromatic carbocycles. The molecule has 7 heteroatoms. The van der Waals surface area contributed by atoms with Gasteiger partial charge >= 0.3 is 0 Å². The van der Waals surface area contributed by atoms with E-state index in [0.29, 0.717) is 11.0 Å². The summed E-state index contributed by atoms with van der Waals surface area (Å²) in [5.74, 6) is 1.02. The Kier molecular flexibility index (Phi) is 6.42. The van der Waals surface area contributed by atoms with Gasteiger partial charge in [-0.1, -0.05) is 25.7 Å². The zero-order valence-electron chi connectivity index (χ0n) is 15.0. The highest BCUT2D eigenvalue weighted by Crippen LogP contribution is 2.28. The van der Waals surface area contributed by atoms with Gasteiger partial charge in [0.1, 0.15) is 0 Å². The summed E-state index contributed by atoms with van der Waals surface area (Å²) in [6, 6.07) is 0. The van der Waals surface area contributed by atoms with Crippen LogP contribution in [-0.4, -0.2) is 52.8 Å². The molecule has 1 aromatic rings. The molecule has 1 aliphatic carbocycles. The summed E-state index contributed by atoms with van der Waals surface area (Å²) in [5.41, 5.74) is 0.981. The van der Waals surface area contributed by atoms with Gasteiger partial charge < -0.3 is 10.2 Å². The number of thiazole rings is 1. The smallest absolute Gasteiger partial charge is 0.223 e. The normalized spacial score (nSPS) is 19.3. The van der Waals surface area contributed by atoms with Gasteiger partial charge in [0, 0.05) is 51.4 Å². The van der Waals surface area contributed by atoms with Crippen LogP contribution in [0.4, 0.5) is 5.13 Å². The Bertz CT molecular complexity index is 590. The number of nitrogens with one attached hydrogen (secondary N) is 1. The Morgan fingerprint density at radius 2 is 1.96 bits per heavy atom. The molecule has 0 spiro atoms. The number of hydrogen-bond acceptors (Lipinski definition) is 5. The van der Waals surface area contributed by atoms with Crippen molar-refractivity contribution in [2.75, 3.05) is 31.5 Å². The lowest BCUT2D eigenvalue weighted by Crippen LogP contribution is -2.48. The zero-order valence-corrected chi connectivity index (χ0v) is 15.8. The molecule has 3 rings (SSSR count). The van der Waals surface area contributed by atoms with E-state index in [9.17, 15) is 9.59 Å². The van der Waals surface area contributed by atoms with Gasteiger partial charge in [-0.05, 0) is 12.3 Å². The van der Waals surface area contributed by atoms with Gasteiger partial charge in [0.15, 0.2) is 5.13 Å². The van der Waals surface area contributed by atoms with E-state index in [1.54, 1.807) is 0 Å². The minimum Gasteiger partial charge on any atom is -0.340 e. The Hall–Kier alpha value is -1.47. The first-order valence-corrected chi connectivity index (χ1v) is 10.2. The van der Waals surface area contributed by atoms with Crippen LogP contribution in [0.1, 0.15) is 51.1 Å². The summed E-state index contributed by atoms with van der Waals surface area (Å²) in [7, 11) is 0. The van der Waals surface area contributed by atoms with Gasteiger partial charge in [-0.15, -0.1) is 11.3 Å². The van der Waals surface area contributed by atoms with Gasteiger partial charge in [0.05, 0.1) is 5.69 Å². The molecule has 2 aliphatic rings. The predicted octanol–water partition coefficient (Wildman–Crippen LogP) is 2.72. The monoisotopic (exact) mass is 364 g/mol. The van der Waals surface area contributed by atoms with Crippen LogP contribution in [0.3, 0.4) is 0 Å². The van der Waals surface area contributed by atoms with Crippen LogP contribution in [0.25, 0.3) is 0 Å². The fourth-order valence-electron chi connectivity index (χ4n) is 3.76. The Morgan fingerprint density at radius 3 is 2.64 bits per heavy atom. The third kappa shape index (κ3) is 5.51. The lowest BCUT2D eigenvalue weighted by molar-refractivity contribution is -0.133. The van der Waals surface area contributed by atoms with Crippen molar-refractivity contribution < 1.29 is 9.59 Å². The van der Waals surface area contributed by atoms with Gasteiger partial charge in [-0.3, -0.25) is 14.5 Å². The Morgan fingerprint density at radius 1 is 1.24 bits per heavy atom. The van der Waals surface area contributed by atoms with Crippen molar-refractivity contribution in [1.82, 2.24) is 14.8 Å². The number of carbonyl (C=O) groups is 2. The molecule has 2 heterocycles. The fourth-order valence-corrected chi connectivity index (χ4v) is 4.50. The standard InChI is InChI=1S/C18H28N4O2S/c1-14(23)19-18-20-16(13-25-18)12-21-8-10-22(11-9-21)17(24)7-6-15-4-2-3-5-15/h13,15H,2-12H2,1H3,(H,19,20,23). The lowest BCUT2D eigenvalue weighted by atomic mass is 10.0. The molecule has 0 atom stereocenters. The molecule has 25 heavy (non-hydrogen) atoms. The molecule has 1 aromatic heterocycles. The van der Waals surface area contributed by atoms with Gasteiger partial charge in [-0.25, -0.2) is 4.98 Å². The van der Waals surface area contributed by atoms with Crippen molar-refractivity contribution >= 4 is 28.3 Å². The lowest BCUT2D eigenvalue weighted by Gasteiger charge is -2.34. The SMILES string of the molecule is CC(=O)Nc1nc(CN2CCN(C(=O)CCC3CCCC3)CC2)cs1. The van der Waals surface area contributed by atoms with Crippen molar-refractivity contribution in [2.24, 2.45) is 5.92 Å². The summed E-state index contributed by atoms with van der Waals surface area (Å²) in [4.78, 5) is 32.2. The predicted molar refractivity (Wildman–Crippen MR) is 99.5 cm³/mol. The average Bonchev–Trinajstić information content (AvgIpc) is 3.25. The summed E-state index contributed by atoms with van der Waals surface area (Å²) >= 11 is 1.46. The molecule has 6 nitrogen and oxygen atoms in total. The molecule has 1 saturated heterocycles.